The second kappa shape index (κ2) is 8.66. The van der Waals surface area contributed by atoms with E-state index < -0.39 is 0 Å². The van der Waals surface area contributed by atoms with Gasteiger partial charge in [-0.2, -0.15) is 0 Å². The van der Waals surface area contributed by atoms with E-state index in [1.165, 1.54) is 0 Å². The van der Waals surface area contributed by atoms with Gasteiger partial charge in [0, 0.05) is 32.4 Å². The first kappa shape index (κ1) is 15.7. The third-order valence-electron chi connectivity index (χ3n) is 2.37. The smallest absolute Gasteiger partial charge is 0.158 e. The molecule has 1 rings (SSSR count). The number of hydrogen-bond acceptors (Lipinski definition) is 6. The highest BCUT2D eigenvalue weighted by Gasteiger charge is 2.07. The van der Waals surface area contributed by atoms with Gasteiger partial charge >= 0.3 is 0 Å². The van der Waals surface area contributed by atoms with E-state index in [1.807, 2.05) is 19.9 Å². The second-order valence-electron chi connectivity index (χ2n) is 4.22. The quantitative estimate of drug-likeness (QED) is 0.713. The number of anilines is 2. The van der Waals surface area contributed by atoms with Crippen molar-refractivity contribution in [1.29, 1.82) is 0 Å². The molecule has 0 aromatic carbocycles. The van der Waals surface area contributed by atoms with Gasteiger partial charge in [-0.05, 0) is 20.8 Å². The molecule has 0 aliphatic heterocycles. The van der Waals surface area contributed by atoms with Crippen molar-refractivity contribution >= 4 is 11.6 Å². The van der Waals surface area contributed by atoms with Gasteiger partial charge in [-0.1, -0.05) is 0 Å². The zero-order chi connectivity index (χ0) is 14.1. The van der Waals surface area contributed by atoms with Crippen LogP contribution in [0.3, 0.4) is 0 Å². The van der Waals surface area contributed by atoms with Crippen LogP contribution in [0.5, 0.6) is 0 Å². The van der Waals surface area contributed by atoms with Crippen molar-refractivity contribution in [3.05, 3.63) is 11.9 Å². The number of ether oxygens (including phenoxy) is 2. The number of aromatic nitrogens is 2. The van der Waals surface area contributed by atoms with Crippen LogP contribution in [0.25, 0.3) is 0 Å². The van der Waals surface area contributed by atoms with Crippen molar-refractivity contribution in [2.45, 2.75) is 33.4 Å². The largest absolute Gasteiger partial charge is 0.380 e. The predicted molar refractivity (Wildman–Crippen MR) is 76.5 cm³/mol. The summed E-state index contributed by atoms with van der Waals surface area (Å²) in [4.78, 5) is 8.77. The highest BCUT2D eigenvalue weighted by atomic mass is 16.5. The Morgan fingerprint density at radius 3 is 2.63 bits per heavy atom. The zero-order valence-electron chi connectivity index (χ0n) is 12.2. The van der Waals surface area contributed by atoms with Crippen molar-refractivity contribution < 1.29 is 9.47 Å². The molecule has 0 saturated carbocycles. The van der Waals surface area contributed by atoms with Gasteiger partial charge in [0.2, 0.25) is 0 Å². The minimum absolute atomic E-state index is 0.194. The van der Waals surface area contributed by atoms with Gasteiger partial charge in [0.1, 0.15) is 18.2 Å². The van der Waals surface area contributed by atoms with Crippen molar-refractivity contribution in [1.82, 2.24) is 9.97 Å². The van der Waals surface area contributed by atoms with Crippen LogP contribution in [0.2, 0.25) is 0 Å². The molecule has 0 bridgehead atoms. The van der Waals surface area contributed by atoms with Crippen LogP contribution in [0.15, 0.2) is 6.07 Å². The van der Waals surface area contributed by atoms with Crippen molar-refractivity contribution in [3.8, 4) is 0 Å². The van der Waals surface area contributed by atoms with E-state index >= 15 is 0 Å². The van der Waals surface area contributed by atoms with E-state index in [1.54, 1.807) is 7.11 Å². The van der Waals surface area contributed by atoms with Crippen molar-refractivity contribution in [3.63, 3.8) is 0 Å². The van der Waals surface area contributed by atoms with E-state index in [2.05, 4.69) is 27.5 Å². The number of methoxy groups -OCH3 is 1. The summed E-state index contributed by atoms with van der Waals surface area (Å²) in [6, 6.07) is 2.09. The summed E-state index contributed by atoms with van der Waals surface area (Å²) < 4.78 is 10.5. The average molecular weight is 268 g/mol. The lowest BCUT2D eigenvalue weighted by atomic mass is 10.3. The normalized spacial score (nSPS) is 12.2. The van der Waals surface area contributed by atoms with Crippen LogP contribution < -0.4 is 10.6 Å². The summed E-state index contributed by atoms with van der Waals surface area (Å²) in [5.74, 6) is 2.24. The van der Waals surface area contributed by atoms with Crippen LogP contribution in [0, 0.1) is 0 Å². The Bertz CT molecular complexity index is 349. The molecule has 0 aliphatic carbocycles. The molecule has 0 radical (unpaired) electrons. The number of hydrogen-bond donors (Lipinski definition) is 2. The van der Waals surface area contributed by atoms with Crippen LogP contribution in [-0.4, -0.2) is 42.9 Å². The Hall–Kier alpha value is -1.40. The summed E-state index contributed by atoms with van der Waals surface area (Å²) in [5, 5.41) is 6.49. The fraction of sp³-hybridized carbons (Fsp3) is 0.692. The first-order valence-corrected chi connectivity index (χ1v) is 6.64. The molecule has 0 aliphatic rings. The summed E-state index contributed by atoms with van der Waals surface area (Å²) >= 11 is 0. The Kier molecular flexibility index (Phi) is 7.14. The van der Waals surface area contributed by atoms with E-state index in [0.717, 1.165) is 18.2 Å². The Labute approximate surface area is 114 Å². The monoisotopic (exact) mass is 268 g/mol. The second-order valence-corrected chi connectivity index (χ2v) is 4.22. The third-order valence-corrected chi connectivity index (χ3v) is 2.37. The average Bonchev–Trinajstić information content (AvgIpc) is 2.37. The Balaban J connectivity index is 2.74. The highest BCUT2D eigenvalue weighted by molar-refractivity contribution is 5.47. The van der Waals surface area contributed by atoms with E-state index in [-0.39, 0.29) is 6.04 Å². The first-order chi connectivity index (χ1) is 9.19. The Morgan fingerprint density at radius 1 is 1.26 bits per heavy atom. The van der Waals surface area contributed by atoms with Gasteiger partial charge in [-0.3, -0.25) is 0 Å². The van der Waals surface area contributed by atoms with Gasteiger partial charge in [-0.15, -0.1) is 0 Å². The minimum atomic E-state index is 0.194. The van der Waals surface area contributed by atoms with Gasteiger partial charge < -0.3 is 20.1 Å². The van der Waals surface area contributed by atoms with Gasteiger partial charge in [0.25, 0.3) is 0 Å². The standard InChI is InChI=1S/C13H24N4O2/c1-5-14-11-7-12(15-10(3)8-19-6-2)17-13(16-11)9-18-4/h7,10H,5-6,8-9H2,1-4H3,(H2,14,15,16,17). The van der Waals surface area contributed by atoms with Crippen LogP contribution in [0.4, 0.5) is 11.6 Å². The number of nitrogens with zero attached hydrogens (tertiary/aromatic N) is 2. The Morgan fingerprint density at radius 2 is 2.00 bits per heavy atom. The van der Waals surface area contributed by atoms with Gasteiger partial charge in [0.15, 0.2) is 5.82 Å². The highest BCUT2D eigenvalue weighted by Crippen LogP contribution is 2.13. The lowest BCUT2D eigenvalue weighted by Crippen LogP contribution is -2.23. The fourth-order valence-electron chi connectivity index (χ4n) is 1.63. The molecule has 2 N–H and O–H groups in total. The minimum Gasteiger partial charge on any atom is -0.380 e. The predicted octanol–water partition coefficient (Wildman–Crippen LogP) is 1.89. The summed E-state index contributed by atoms with van der Waals surface area (Å²) in [6.07, 6.45) is 0. The third kappa shape index (κ3) is 5.85. The number of nitrogens with one attached hydrogen (secondary N) is 2. The van der Waals surface area contributed by atoms with Gasteiger partial charge in [-0.25, -0.2) is 9.97 Å². The van der Waals surface area contributed by atoms with Gasteiger partial charge in [0.05, 0.1) is 6.61 Å². The molecule has 0 fully saturated rings. The summed E-state index contributed by atoms with van der Waals surface area (Å²) in [5.41, 5.74) is 0. The molecule has 19 heavy (non-hydrogen) atoms. The molecule has 1 aromatic heterocycles. The molecule has 1 atom stereocenters. The molecule has 6 heteroatoms. The number of rotatable bonds is 9. The maximum Gasteiger partial charge on any atom is 0.158 e. The van der Waals surface area contributed by atoms with Crippen LogP contribution >= 0.6 is 0 Å². The van der Waals surface area contributed by atoms with E-state index in [4.69, 9.17) is 9.47 Å². The molecule has 1 aromatic rings. The van der Waals surface area contributed by atoms with Crippen molar-refractivity contribution in [2.24, 2.45) is 0 Å². The summed E-state index contributed by atoms with van der Waals surface area (Å²) in [6.45, 7) is 8.65. The van der Waals surface area contributed by atoms with E-state index in [9.17, 15) is 0 Å². The van der Waals surface area contributed by atoms with Crippen LogP contribution in [0.1, 0.15) is 26.6 Å². The topological polar surface area (TPSA) is 68.3 Å². The molecule has 0 amide bonds. The SMILES string of the molecule is CCNc1cc(NC(C)COCC)nc(COC)n1. The molecule has 0 saturated heterocycles. The van der Waals surface area contributed by atoms with E-state index in [0.29, 0.717) is 25.6 Å². The van der Waals surface area contributed by atoms with Crippen molar-refractivity contribution in [2.75, 3.05) is 37.5 Å². The molecular formula is C13H24N4O2. The maximum absolute atomic E-state index is 5.38. The first-order valence-electron chi connectivity index (χ1n) is 6.64. The molecule has 6 nitrogen and oxygen atoms in total. The molecule has 108 valence electrons. The lowest BCUT2D eigenvalue weighted by Gasteiger charge is -2.15. The fourth-order valence-corrected chi connectivity index (χ4v) is 1.63. The lowest BCUT2D eigenvalue weighted by molar-refractivity contribution is 0.141. The zero-order valence-corrected chi connectivity index (χ0v) is 12.2. The maximum atomic E-state index is 5.38. The summed E-state index contributed by atoms with van der Waals surface area (Å²) in [7, 11) is 1.63. The van der Waals surface area contributed by atoms with Crippen LogP contribution in [-0.2, 0) is 16.1 Å². The molecule has 1 unspecified atom stereocenters. The molecular weight excluding hydrogens is 244 g/mol. The molecule has 1 heterocycles. The molecule has 0 spiro atoms.